The molecule has 0 radical (unpaired) electrons. The van der Waals surface area contributed by atoms with Crippen LogP contribution in [0.2, 0.25) is 0 Å². The SMILES string of the molecule is CCNC(=NCC1CCCO1)NC1C2CCOC2C12CCC2.I. The van der Waals surface area contributed by atoms with Gasteiger partial charge in [0.1, 0.15) is 0 Å². The second-order valence-corrected chi connectivity index (χ2v) is 7.31. The summed E-state index contributed by atoms with van der Waals surface area (Å²) in [6, 6.07) is 0.552. The van der Waals surface area contributed by atoms with Gasteiger partial charge >= 0.3 is 0 Å². The van der Waals surface area contributed by atoms with Crippen molar-refractivity contribution in [1.82, 2.24) is 10.6 Å². The van der Waals surface area contributed by atoms with Gasteiger partial charge in [-0.1, -0.05) is 6.42 Å². The number of halogens is 1. The van der Waals surface area contributed by atoms with Crippen LogP contribution in [0.1, 0.15) is 45.4 Å². The molecule has 132 valence electrons. The highest BCUT2D eigenvalue weighted by Gasteiger charge is 2.66. The summed E-state index contributed by atoms with van der Waals surface area (Å²) in [6.45, 7) is 5.65. The Kier molecular flexibility index (Phi) is 5.73. The van der Waals surface area contributed by atoms with Crippen LogP contribution in [0.3, 0.4) is 0 Å². The Balaban J connectivity index is 0.00000156. The first-order valence-electron chi connectivity index (χ1n) is 9.11. The third-order valence-electron chi connectivity index (χ3n) is 6.15. The summed E-state index contributed by atoms with van der Waals surface area (Å²) in [5.41, 5.74) is 0.404. The molecule has 2 aliphatic heterocycles. The van der Waals surface area contributed by atoms with E-state index in [-0.39, 0.29) is 24.0 Å². The van der Waals surface area contributed by atoms with Gasteiger partial charge in [0.25, 0.3) is 0 Å². The molecule has 0 aromatic rings. The smallest absolute Gasteiger partial charge is 0.191 e. The summed E-state index contributed by atoms with van der Waals surface area (Å²) in [7, 11) is 0. The maximum absolute atomic E-state index is 6.00. The van der Waals surface area contributed by atoms with E-state index in [2.05, 4.69) is 17.6 Å². The lowest BCUT2D eigenvalue weighted by Crippen LogP contribution is -2.72. The third-order valence-corrected chi connectivity index (χ3v) is 6.15. The highest BCUT2D eigenvalue weighted by Crippen LogP contribution is 2.62. The van der Waals surface area contributed by atoms with E-state index in [1.54, 1.807) is 0 Å². The topological polar surface area (TPSA) is 54.9 Å². The Hall–Kier alpha value is -0.0800. The average molecular weight is 435 g/mol. The molecule has 5 nitrogen and oxygen atoms in total. The molecule has 0 aromatic carbocycles. The van der Waals surface area contributed by atoms with E-state index in [1.807, 2.05) is 0 Å². The molecule has 4 aliphatic rings. The van der Waals surface area contributed by atoms with Gasteiger partial charge in [0, 0.05) is 37.1 Å². The van der Waals surface area contributed by atoms with Gasteiger partial charge in [-0.25, -0.2) is 0 Å². The Bertz CT molecular complexity index is 436. The maximum atomic E-state index is 6.00. The number of aliphatic imine (C=N–C) groups is 1. The lowest BCUT2D eigenvalue weighted by molar-refractivity contribution is -0.171. The van der Waals surface area contributed by atoms with Crippen molar-refractivity contribution in [3.05, 3.63) is 0 Å². The Morgan fingerprint density at radius 3 is 2.70 bits per heavy atom. The molecule has 0 amide bonds. The molecule has 4 unspecified atom stereocenters. The summed E-state index contributed by atoms with van der Waals surface area (Å²) >= 11 is 0. The Labute approximate surface area is 156 Å². The highest BCUT2D eigenvalue weighted by atomic mass is 127. The second kappa shape index (κ2) is 7.44. The van der Waals surface area contributed by atoms with E-state index in [0.29, 0.717) is 29.6 Å². The van der Waals surface area contributed by atoms with Crippen molar-refractivity contribution in [3.63, 3.8) is 0 Å². The molecule has 2 aliphatic carbocycles. The average Bonchev–Trinajstić information content (AvgIpc) is 3.10. The van der Waals surface area contributed by atoms with Crippen LogP contribution in [0.15, 0.2) is 4.99 Å². The fourth-order valence-electron chi connectivity index (χ4n) is 4.90. The predicted octanol–water partition coefficient (Wildman–Crippen LogP) is 2.30. The summed E-state index contributed by atoms with van der Waals surface area (Å²) in [6.07, 6.45) is 8.35. The number of hydrogen-bond acceptors (Lipinski definition) is 3. The number of nitrogens with one attached hydrogen (secondary N) is 2. The molecule has 4 atom stereocenters. The van der Waals surface area contributed by atoms with Gasteiger partial charge < -0.3 is 20.1 Å². The lowest BCUT2D eigenvalue weighted by Gasteiger charge is -2.63. The van der Waals surface area contributed by atoms with E-state index in [9.17, 15) is 0 Å². The van der Waals surface area contributed by atoms with Crippen molar-refractivity contribution < 1.29 is 9.47 Å². The molecule has 0 aromatic heterocycles. The second-order valence-electron chi connectivity index (χ2n) is 7.31. The van der Waals surface area contributed by atoms with Crippen LogP contribution in [0.4, 0.5) is 0 Å². The largest absolute Gasteiger partial charge is 0.377 e. The van der Waals surface area contributed by atoms with Crippen LogP contribution in [-0.4, -0.2) is 50.5 Å². The van der Waals surface area contributed by atoms with E-state index in [4.69, 9.17) is 14.5 Å². The zero-order chi connectivity index (χ0) is 15.0. The lowest BCUT2D eigenvalue weighted by atomic mass is 9.46. The summed E-state index contributed by atoms with van der Waals surface area (Å²) in [5.74, 6) is 1.66. The molecule has 2 saturated carbocycles. The molecule has 1 spiro atoms. The molecular weight excluding hydrogens is 405 g/mol. The summed E-state index contributed by atoms with van der Waals surface area (Å²) < 4.78 is 11.7. The molecule has 0 bridgehead atoms. The summed E-state index contributed by atoms with van der Waals surface area (Å²) in [4.78, 5) is 4.78. The van der Waals surface area contributed by atoms with Crippen molar-refractivity contribution in [2.24, 2.45) is 16.3 Å². The van der Waals surface area contributed by atoms with Gasteiger partial charge in [0.2, 0.25) is 0 Å². The predicted molar refractivity (Wildman–Crippen MR) is 101 cm³/mol. The first-order valence-corrected chi connectivity index (χ1v) is 9.11. The zero-order valence-electron chi connectivity index (χ0n) is 14.1. The van der Waals surface area contributed by atoms with Crippen LogP contribution in [0, 0.1) is 11.3 Å². The van der Waals surface area contributed by atoms with Crippen LogP contribution < -0.4 is 10.6 Å². The van der Waals surface area contributed by atoms with Gasteiger partial charge in [0.05, 0.1) is 18.8 Å². The number of nitrogens with zero attached hydrogens (tertiary/aromatic N) is 1. The van der Waals surface area contributed by atoms with Gasteiger partial charge in [-0.2, -0.15) is 0 Å². The van der Waals surface area contributed by atoms with Gasteiger partial charge in [-0.05, 0) is 39.0 Å². The normalized spacial score (nSPS) is 37.5. The van der Waals surface area contributed by atoms with E-state index in [0.717, 1.165) is 38.7 Å². The minimum absolute atomic E-state index is 0. The van der Waals surface area contributed by atoms with Crippen LogP contribution in [0.5, 0.6) is 0 Å². The first kappa shape index (κ1) is 17.7. The Morgan fingerprint density at radius 1 is 1.17 bits per heavy atom. The van der Waals surface area contributed by atoms with Gasteiger partial charge in [-0.15, -0.1) is 24.0 Å². The number of rotatable bonds is 4. The quantitative estimate of drug-likeness (QED) is 0.404. The standard InChI is InChI=1S/C17H29N3O2.HI/c1-2-18-16(19-11-12-5-3-9-21-12)20-14-13-6-10-22-15(13)17(14)7-4-8-17;/h12-15H,2-11H2,1H3,(H2,18,19,20);1H. The molecule has 4 fully saturated rings. The maximum Gasteiger partial charge on any atom is 0.191 e. The number of guanidine groups is 1. The highest BCUT2D eigenvalue weighted by molar-refractivity contribution is 14.0. The first-order chi connectivity index (χ1) is 10.8. The molecule has 23 heavy (non-hydrogen) atoms. The van der Waals surface area contributed by atoms with Crippen molar-refractivity contribution >= 4 is 29.9 Å². The van der Waals surface area contributed by atoms with Crippen LogP contribution in [0.25, 0.3) is 0 Å². The zero-order valence-corrected chi connectivity index (χ0v) is 16.4. The van der Waals surface area contributed by atoms with E-state index < -0.39 is 0 Å². The van der Waals surface area contributed by atoms with Gasteiger partial charge in [-0.3, -0.25) is 4.99 Å². The van der Waals surface area contributed by atoms with Crippen LogP contribution in [-0.2, 0) is 9.47 Å². The summed E-state index contributed by atoms with van der Waals surface area (Å²) in [5, 5.41) is 7.16. The molecule has 6 heteroatoms. The Morgan fingerprint density at radius 2 is 2.04 bits per heavy atom. The molecule has 2 heterocycles. The van der Waals surface area contributed by atoms with Crippen LogP contribution >= 0.6 is 24.0 Å². The van der Waals surface area contributed by atoms with E-state index in [1.165, 1.54) is 32.1 Å². The monoisotopic (exact) mass is 435 g/mol. The number of fused-ring (bicyclic) bond motifs is 2. The van der Waals surface area contributed by atoms with Crippen molar-refractivity contribution in [1.29, 1.82) is 0 Å². The fourth-order valence-corrected chi connectivity index (χ4v) is 4.90. The minimum atomic E-state index is 0. The van der Waals surface area contributed by atoms with Gasteiger partial charge in [0.15, 0.2) is 5.96 Å². The molecule has 2 N–H and O–H groups in total. The van der Waals surface area contributed by atoms with Crippen molar-refractivity contribution in [2.75, 3.05) is 26.3 Å². The van der Waals surface area contributed by atoms with Crippen molar-refractivity contribution in [2.45, 2.75) is 63.7 Å². The minimum Gasteiger partial charge on any atom is -0.377 e. The molecule has 4 rings (SSSR count). The van der Waals surface area contributed by atoms with Crippen molar-refractivity contribution in [3.8, 4) is 0 Å². The number of ether oxygens (including phenoxy) is 2. The molecule has 2 saturated heterocycles. The third kappa shape index (κ3) is 3.11. The number of hydrogen-bond donors (Lipinski definition) is 2. The molecular formula is C17H30IN3O2. The fraction of sp³-hybridized carbons (Fsp3) is 0.941. The van der Waals surface area contributed by atoms with E-state index >= 15 is 0 Å².